The predicted molar refractivity (Wildman–Crippen MR) is 125 cm³/mol. The molecule has 8 nitrogen and oxygen atoms in total. The van der Waals surface area contributed by atoms with E-state index in [1.165, 1.54) is 7.11 Å². The normalized spacial score (nSPS) is 17.4. The van der Waals surface area contributed by atoms with Crippen LogP contribution in [0.4, 0.5) is 5.69 Å². The fourth-order valence-electron chi connectivity index (χ4n) is 4.15. The topological polar surface area (TPSA) is 124 Å². The molecule has 0 saturated carbocycles. The maximum atomic E-state index is 12.7. The molecule has 1 aliphatic carbocycles. The number of hydrogen-bond donors (Lipinski definition) is 2. The first-order valence-corrected chi connectivity index (χ1v) is 10.9. The number of Topliss-reactive ketones (excluding diaryl/α,β-unsaturated/α-hetero) is 1. The Hall–Kier alpha value is -4.25. The standard InChI is InChI=1S/C26H25N3O5/c1-15-6-9-17(10-7-15)29-23(31)14-33-20-11-8-16(12-22(20)32-2)24-18(13-27)26(28)34-21-5-3-4-19(30)25(21)24/h6-12,24H,3-5,14,28H2,1-2H3,(H,29,31)/t24-/m1/s1. The second-order valence-electron chi connectivity index (χ2n) is 8.15. The lowest BCUT2D eigenvalue weighted by Crippen LogP contribution is -2.27. The van der Waals surface area contributed by atoms with Gasteiger partial charge < -0.3 is 25.3 Å². The molecule has 3 N–H and O–H groups in total. The highest BCUT2D eigenvalue weighted by Gasteiger charge is 2.38. The molecule has 0 spiro atoms. The number of rotatable bonds is 6. The summed E-state index contributed by atoms with van der Waals surface area (Å²) in [6.07, 6.45) is 1.66. The smallest absolute Gasteiger partial charge is 0.262 e. The molecule has 8 heteroatoms. The Labute approximate surface area is 197 Å². The Kier molecular flexibility index (Phi) is 6.55. The molecule has 1 amide bonds. The third kappa shape index (κ3) is 4.59. The van der Waals surface area contributed by atoms with Crippen molar-refractivity contribution >= 4 is 17.4 Å². The average molecular weight is 460 g/mol. The first-order chi connectivity index (χ1) is 16.4. The van der Waals surface area contributed by atoms with Gasteiger partial charge in [0.2, 0.25) is 5.88 Å². The molecule has 34 heavy (non-hydrogen) atoms. The largest absolute Gasteiger partial charge is 0.493 e. The van der Waals surface area contributed by atoms with E-state index in [1.54, 1.807) is 18.2 Å². The van der Waals surface area contributed by atoms with Crippen LogP contribution >= 0.6 is 0 Å². The van der Waals surface area contributed by atoms with Gasteiger partial charge in [0.05, 0.1) is 13.0 Å². The van der Waals surface area contributed by atoms with Crippen molar-refractivity contribution in [1.29, 1.82) is 5.26 Å². The maximum Gasteiger partial charge on any atom is 0.262 e. The van der Waals surface area contributed by atoms with Crippen molar-refractivity contribution in [2.24, 2.45) is 5.73 Å². The summed E-state index contributed by atoms with van der Waals surface area (Å²) in [6.45, 7) is 1.75. The summed E-state index contributed by atoms with van der Waals surface area (Å²) in [5, 5.41) is 12.5. The summed E-state index contributed by atoms with van der Waals surface area (Å²) in [5.41, 5.74) is 9.08. The van der Waals surface area contributed by atoms with E-state index in [2.05, 4.69) is 11.4 Å². The number of ketones is 1. The molecule has 0 fully saturated rings. The van der Waals surface area contributed by atoms with Crippen LogP contribution in [-0.4, -0.2) is 25.4 Å². The molecule has 1 atom stereocenters. The molecular weight excluding hydrogens is 434 g/mol. The van der Waals surface area contributed by atoms with E-state index >= 15 is 0 Å². The zero-order valence-electron chi connectivity index (χ0n) is 19.0. The Morgan fingerprint density at radius 3 is 2.68 bits per heavy atom. The average Bonchev–Trinajstić information content (AvgIpc) is 2.83. The van der Waals surface area contributed by atoms with Gasteiger partial charge in [-0.15, -0.1) is 0 Å². The quantitative estimate of drug-likeness (QED) is 0.673. The summed E-state index contributed by atoms with van der Waals surface area (Å²) in [6, 6.07) is 14.6. The van der Waals surface area contributed by atoms with Gasteiger partial charge in [0, 0.05) is 24.1 Å². The number of nitrogens with zero attached hydrogens (tertiary/aromatic N) is 1. The predicted octanol–water partition coefficient (Wildman–Crippen LogP) is 3.84. The number of amides is 1. The molecule has 0 aromatic heterocycles. The number of nitriles is 1. The lowest BCUT2D eigenvalue weighted by molar-refractivity contribution is -0.118. The summed E-state index contributed by atoms with van der Waals surface area (Å²) in [5.74, 6) is 0.237. The van der Waals surface area contributed by atoms with E-state index in [4.69, 9.17) is 19.9 Å². The van der Waals surface area contributed by atoms with Crippen molar-refractivity contribution in [3.8, 4) is 17.6 Å². The first-order valence-electron chi connectivity index (χ1n) is 10.9. The van der Waals surface area contributed by atoms with Gasteiger partial charge in [0.15, 0.2) is 23.9 Å². The number of methoxy groups -OCH3 is 1. The van der Waals surface area contributed by atoms with Gasteiger partial charge in [-0.25, -0.2) is 0 Å². The van der Waals surface area contributed by atoms with Gasteiger partial charge in [0.25, 0.3) is 5.91 Å². The molecule has 0 bridgehead atoms. The number of nitrogens with two attached hydrogens (primary N) is 1. The number of carbonyl (C=O) groups excluding carboxylic acids is 2. The summed E-state index contributed by atoms with van der Waals surface area (Å²) < 4.78 is 16.8. The van der Waals surface area contributed by atoms with Gasteiger partial charge in [0.1, 0.15) is 17.4 Å². The van der Waals surface area contributed by atoms with Crippen LogP contribution in [0.2, 0.25) is 0 Å². The lowest BCUT2D eigenvalue weighted by Gasteiger charge is -2.31. The van der Waals surface area contributed by atoms with Crippen molar-refractivity contribution in [3.63, 3.8) is 0 Å². The number of nitrogens with one attached hydrogen (secondary N) is 1. The van der Waals surface area contributed by atoms with Crippen LogP contribution < -0.4 is 20.5 Å². The number of hydrogen-bond acceptors (Lipinski definition) is 7. The van der Waals surface area contributed by atoms with E-state index in [1.807, 2.05) is 31.2 Å². The Morgan fingerprint density at radius 1 is 1.21 bits per heavy atom. The second-order valence-corrected chi connectivity index (χ2v) is 8.15. The number of ether oxygens (including phenoxy) is 3. The van der Waals surface area contributed by atoms with E-state index in [9.17, 15) is 14.9 Å². The third-order valence-electron chi connectivity index (χ3n) is 5.82. The highest BCUT2D eigenvalue weighted by molar-refractivity contribution is 5.99. The third-order valence-corrected chi connectivity index (χ3v) is 5.82. The Bertz CT molecular complexity index is 1240. The Balaban J connectivity index is 1.56. The maximum absolute atomic E-state index is 12.7. The molecule has 2 aliphatic rings. The Morgan fingerprint density at radius 2 is 1.97 bits per heavy atom. The molecule has 2 aromatic carbocycles. The molecule has 1 heterocycles. The summed E-state index contributed by atoms with van der Waals surface area (Å²) in [4.78, 5) is 25.0. The molecular formula is C26H25N3O5. The van der Waals surface area contributed by atoms with Crippen molar-refractivity contribution in [2.45, 2.75) is 32.1 Å². The fraction of sp³-hybridized carbons (Fsp3) is 0.269. The molecule has 0 unspecified atom stereocenters. The highest BCUT2D eigenvalue weighted by atomic mass is 16.5. The first kappa shape index (κ1) is 22.9. The van der Waals surface area contributed by atoms with Crippen LogP contribution in [0.1, 0.15) is 36.3 Å². The van der Waals surface area contributed by atoms with Crippen LogP contribution in [0.5, 0.6) is 11.5 Å². The zero-order valence-corrected chi connectivity index (χ0v) is 19.0. The summed E-state index contributed by atoms with van der Waals surface area (Å²) in [7, 11) is 1.48. The van der Waals surface area contributed by atoms with Crippen molar-refractivity contribution < 1.29 is 23.8 Å². The molecule has 0 radical (unpaired) electrons. The molecule has 4 rings (SSSR count). The van der Waals surface area contributed by atoms with Crippen LogP contribution in [0, 0.1) is 18.3 Å². The lowest BCUT2D eigenvalue weighted by atomic mass is 9.77. The minimum Gasteiger partial charge on any atom is -0.493 e. The number of allylic oxidation sites excluding steroid dienone is 3. The monoisotopic (exact) mass is 459 g/mol. The van der Waals surface area contributed by atoms with Crippen LogP contribution in [0.15, 0.2) is 65.3 Å². The van der Waals surface area contributed by atoms with Gasteiger partial charge >= 0.3 is 0 Å². The number of benzene rings is 2. The van der Waals surface area contributed by atoms with Gasteiger partial charge in [-0.05, 0) is 43.2 Å². The van der Waals surface area contributed by atoms with Crippen LogP contribution in [-0.2, 0) is 14.3 Å². The van der Waals surface area contributed by atoms with E-state index in [0.717, 1.165) is 5.56 Å². The zero-order chi connectivity index (χ0) is 24.2. The molecule has 2 aromatic rings. The fourth-order valence-corrected chi connectivity index (χ4v) is 4.15. The van der Waals surface area contributed by atoms with E-state index < -0.39 is 5.92 Å². The van der Waals surface area contributed by atoms with Crippen molar-refractivity contribution in [2.75, 3.05) is 19.0 Å². The van der Waals surface area contributed by atoms with Crippen LogP contribution in [0.25, 0.3) is 0 Å². The number of anilines is 1. The number of aryl methyl sites for hydroxylation is 1. The van der Waals surface area contributed by atoms with Crippen molar-refractivity contribution in [1.82, 2.24) is 0 Å². The number of carbonyl (C=O) groups is 2. The van der Waals surface area contributed by atoms with E-state index in [0.29, 0.717) is 53.3 Å². The van der Waals surface area contributed by atoms with Crippen molar-refractivity contribution in [3.05, 3.63) is 76.4 Å². The van der Waals surface area contributed by atoms with Crippen LogP contribution in [0.3, 0.4) is 0 Å². The van der Waals surface area contributed by atoms with Gasteiger partial charge in [-0.2, -0.15) is 5.26 Å². The SMILES string of the molecule is COc1cc([C@@H]2C(C#N)=C(N)OC3=C2C(=O)CCC3)ccc1OCC(=O)Nc1ccc(C)cc1. The van der Waals surface area contributed by atoms with E-state index in [-0.39, 0.29) is 29.8 Å². The minimum atomic E-state index is -0.644. The van der Waals surface area contributed by atoms with Gasteiger partial charge in [-0.3, -0.25) is 9.59 Å². The summed E-state index contributed by atoms with van der Waals surface area (Å²) >= 11 is 0. The molecule has 1 aliphatic heterocycles. The van der Waals surface area contributed by atoms with Gasteiger partial charge in [-0.1, -0.05) is 23.8 Å². The minimum absolute atomic E-state index is 0.00743. The molecule has 174 valence electrons. The highest BCUT2D eigenvalue weighted by Crippen LogP contribution is 2.45. The second kappa shape index (κ2) is 9.71. The molecule has 0 saturated heterocycles.